The summed E-state index contributed by atoms with van der Waals surface area (Å²) >= 11 is 0. The molecular formula is C10H16N2O. The Kier molecular flexibility index (Phi) is 2.88. The van der Waals surface area contributed by atoms with Gasteiger partial charge < -0.3 is 10.5 Å². The molecule has 0 aliphatic rings. The van der Waals surface area contributed by atoms with Crippen molar-refractivity contribution in [2.45, 2.75) is 32.9 Å². The third-order valence-corrected chi connectivity index (χ3v) is 1.43. The van der Waals surface area contributed by atoms with E-state index in [9.17, 15) is 0 Å². The van der Waals surface area contributed by atoms with E-state index in [-0.39, 0.29) is 5.60 Å². The van der Waals surface area contributed by atoms with Crippen LogP contribution in [0.5, 0.6) is 5.75 Å². The quantitative estimate of drug-likeness (QED) is 0.753. The molecule has 0 saturated carbocycles. The van der Waals surface area contributed by atoms with Crippen molar-refractivity contribution in [2.75, 3.05) is 0 Å². The number of nitrogens with two attached hydrogens (primary N) is 1. The van der Waals surface area contributed by atoms with E-state index in [2.05, 4.69) is 4.98 Å². The van der Waals surface area contributed by atoms with Gasteiger partial charge in [0.05, 0.1) is 11.9 Å². The van der Waals surface area contributed by atoms with E-state index in [4.69, 9.17) is 10.5 Å². The van der Waals surface area contributed by atoms with E-state index in [1.165, 1.54) is 0 Å². The lowest BCUT2D eigenvalue weighted by Crippen LogP contribution is -2.23. The van der Waals surface area contributed by atoms with Crippen LogP contribution in [0.3, 0.4) is 0 Å². The molecule has 3 nitrogen and oxygen atoms in total. The number of nitrogens with zero attached hydrogens (tertiary/aromatic N) is 1. The van der Waals surface area contributed by atoms with Crippen molar-refractivity contribution in [3.05, 3.63) is 24.0 Å². The Morgan fingerprint density at radius 1 is 1.38 bits per heavy atom. The monoisotopic (exact) mass is 180 g/mol. The highest BCUT2D eigenvalue weighted by Gasteiger charge is 2.11. The molecule has 0 amide bonds. The van der Waals surface area contributed by atoms with Gasteiger partial charge in [0.2, 0.25) is 0 Å². The summed E-state index contributed by atoms with van der Waals surface area (Å²) in [6.45, 7) is 6.48. The van der Waals surface area contributed by atoms with Gasteiger partial charge in [0.15, 0.2) is 0 Å². The molecule has 0 unspecified atom stereocenters. The second-order valence-electron chi connectivity index (χ2n) is 3.90. The molecule has 0 aromatic carbocycles. The lowest BCUT2D eigenvalue weighted by Gasteiger charge is -2.20. The SMILES string of the molecule is CC(C)(C)Oc1ccc(CN)nc1. The fourth-order valence-corrected chi connectivity index (χ4v) is 0.946. The minimum absolute atomic E-state index is 0.175. The minimum atomic E-state index is -0.175. The second kappa shape index (κ2) is 3.75. The molecule has 1 rings (SSSR count). The first-order valence-corrected chi connectivity index (χ1v) is 4.35. The number of hydrogen-bond acceptors (Lipinski definition) is 3. The third kappa shape index (κ3) is 3.42. The Morgan fingerprint density at radius 3 is 2.46 bits per heavy atom. The van der Waals surface area contributed by atoms with Crippen molar-refractivity contribution < 1.29 is 4.74 Å². The lowest BCUT2D eigenvalue weighted by atomic mass is 10.2. The van der Waals surface area contributed by atoms with Gasteiger partial charge >= 0.3 is 0 Å². The van der Waals surface area contributed by atoms with E-state index >= 15 is 0 Å². The summed E-state index contributed by atoms with van der Waals surface area (Å²) in [4.78, 5) is 4.13. The zero-order valence-electron chi connectivity index (χ0n) is 8.37. The van der Waals surface area contributed by atoms with Crippen LogP contribution in [0.25, 0.3) is 0 Å². The van der Waals surface area contributed by atoms with Gasteiger partial charge in [0.25, 0.3) is 0 Å². The minimum Gasteiger partial charge on any atom is -0.487 e. The van der Waals surface area contributed by atoms with Crippen molar-refractivity contribution in [1.82, 2.24) is 4.98 Å². The lowest BCUT2D eigenvalue weighted by molar-refractivity contribution is 0.130. The average molecular weight is 180 g/mol. The molecule has 0 radical (unpaired) electrons. The summed E-state index contributed by atoms with van der Waals surface area (Å²) in [5, 5.41) is 0. The van der Waals surface area contributed by atoms with Crippen molar-refractivity contribution in [2.24, 2.45) is 5.73 Å². The predicted molar refractivity (Wildman–Crippen MR) is 52.5 cm³/mol. The molecule has 72 valence electrons. The van der Waals surface area contributed by atoms with Gasteiger partial charge in [-0.1, -0.05) is 0 Å². The van der Waals surface area contributed by atoms with Gasteiger partial charge in [-0.25, -0.2) is 0 Å². The Bertz CT molecular complexity index is 261. The molecule has 0 aliphatic carbocycles. The van der Waals surface area contributed by atoms with Crippen LogP contribution >= 0.6 is 0 Å². The van der Waals surface area contributed by atoms with Gasteiger partial charge in [0.1, 0.15) is 11.4 Å². The van der Waals surface area contributed by atoms with E-state index in [0.29, 0.717) is 6.54 Å². The van der Waals surface area contributed by atoms with Gasteiger partial charge in [-0.15, -0.1) is 0 Å². The fraction of sp³-hybridized carbons (Fsp3) is 0.500. The van der Waals surface area contributed by atoms with E-state index < -0.39 is 0 Å². The van der Waals surface area contributed by atoms with Crippen molar-refractivity contribution in [1.29, 1.82) is 0 Å². The Balaban J connectivity index is 2.70. The highest BCUT2D eigenvalue weighted by atomic mass is 16.5. The highest BCUT2D eigenvalue weighted by Crippen LogP contribution is 2.16. The van der Waals surface area contributed by atoms with Crippen LogP contribution < -0.4 is 10.5 Å². The Morgan fingerprint density at radius 2 is 2.08 bits per heavy atom. The van der Waals surface area contributed by atoms with Crippen LogP contribution in [0.2, 0.25) is 0 Å². The second-order valence-corrected chi connectivity index (χ2v) is 3.90. The van der Waals surface area contributed by atoms with E-state index in [0.717, 1.165) is 11.4 Å². The predicted octanol–water partition coefficient (Wildman–Crippen LogP) is 1.72. The van der Waals surface area contributed by atoms with Gasteiger partial charge in [-0.3, -0.25) is 4.98 Å². The summed E-state index contributed by atoms with van der Waals surface area (Å²) in [6.07, 6.45) is 1.70. The largest absolute Gasteiger partial charge is 0.487 e. The van der Waals surface area contributed by atoms with Crippen molar-refractivity contribution in [3.63, 3.8) is 0 Å². The third-order valence-electron chi connectivity index (χ3n) is 1.43. The number of ether oxygens (including phenoxy) is 1. The smallest absolute Gasteiger partial charge is 0.138 e. The van der Waals surface area contributed by atoms with Crippen LogP contribution in [0, 0.1) is 0 Å². The van der Waals surface area contributed by atoms with Crippen molar-refractivity contribution in [3.8, 4) is 5.75 Å². The first-order valence-electron chi connectivity index (χ1n) is 4.35. The van der Waals surface area contributed by atoms with Crippen LogP contribution in [0.15, 0.2) is 18.3 Å². The summed E-state index contributed by atoms with van der Waals surface area (Å²) in [6, 6.07) is 3.77. The van der Waals surface area contributed by atoms with Gasteiger partial charge in [0, 0.05) is 6.54 Å². The number of rotatable bonds is 2. The van der Waals surface area contributed by atoms with E-state index in [1.54, 1.807) is 6.20 Å². The average Bonchev–Trinajstić information content (AvgIpc) is 2.03. The maximum Gasteiger partial charge on any atom is 0.138 e. The zero-order valence-corrected chi connectivity index (χ0v) is 8.37. The van der Waals surface area contributed by atoms with Crippen LogP contribution in [0.4, 0.5) is 0 Å². The summed E-state index contributed by atoms with van der Waals surface area (Å²) in [7, 11) is 0. The molecule has 1 aromatic heterocycles. The molecule has 0 spiro atoms. The van der Waals surface area contributed by atoms with Crippen LogP contribution in [0.1, 0.15) is 26.5 Å². The van der Waals surface area contributed by atoms with Crippen molar-refractivity contribution >= 4 is 0 Å². The summed E-state index contributed by atoms with van der Waals surface area (Å²) < 4.78 is 5.60. The number of aromatic nitrogens is 1. The highest BCUT2D eigenvalue weighted by molar-refractivity contribution is 5.20. The zero-order chi connectivity index (χ0) is 9.90. The summed E-state index contributed by atoms with van der Waals surface area (Å²) in [5.74, 6) is 0.782. The molecule has 0 aliphatic heterocycles. The van der Waals surface area contributed by atoms with Crippen LogP contribution in [-0.4, -0.2) is 10.6 Å². The molecule has 1 heterocycles. The molecule has 0 bridgehead atoms. The van der Waals surface area contributed by atoms with Gasteiger partial charge in [-0.2, -0.15) is 0 Å². The Hall–Kier alpha value is -1.09. The molecule has 2 N–H and O–H groups in total. The topological polar surface area (TPSA) is 48.1 Å². The molecule has 1 aromatic rings. The Labute approximate surface area is 78.9 Å². The molecule has 3 heteroatoms. The summed E-state index contributed by atoms with van der Waals surface area (Å²) in [5.41, 5.74) is 6.13. The van der Waals surface area contributed by atoms with Gasteiger partial charge in [-0.05, 0) is 32.9 Å². The molecular weight excluding hydrogens is 164 g/mol. The maximum atomic E-state index is 5.60. The first-order chi connectivity index (χ1) is 6.01. The molecule has 0 atom stereocenters. The fourth-order valence-electron chi connectivity index (χ4n) is 0.946. The van der Waals surface area contributed by atoms with E-state index in [1.807, 2.05) is 32.9 Å². The number of pyridine rings is 1. The first kappa shape index (κ1) is 9.99. The van der Waals surface area contributed by atoms with Crippen LogP contribution in [-0.2, 0) is 6.54 Å². The standard InChI is InChI=1S/C10H16N2O/c1-10(2,3)13-9-5-4-8(6-11)12-7-9/h4-5,7H,6,11H2,1-3H3. The normalized spacial score (nSPS) is 11.4. The maximum absolute atomic E-state index is 5.60. The molecule has 0 saturated heterocycles. The molecule has 13 heavy (non-hydrogen) atoms. The number of hydrogen-bond donors (Lipinski definition) is 1. The molecule has 0 fully saturated rings.